The summed E-state index contributed by atoms with van der Waals surface area (Å²) in [6.07, 6.45) is 4.79. The molecule has 0 aliphatic rings. The third-order valence-corrected chi connectivity index (χ3v) is 4.66. The molecule has 5 nitrogen and oxygen atoms in total. The number of hydrogen-bond donors (Lipinski definition) is 2. The fourth-order valence-corrected chi connectivity index (χ4v) is 3.23. The summed E-state index contributed by atoms with van der Waals surface area (Å²) >= 11 is 1.50. The van der Waals surface area contributed by atoms with Crippen molar-refractivity contribution in [3.8, 4) is 0 Å². The minimum atomic E-state index is -0.558. The SMILES string of the molecule is CCCCC(NC(=O)C(N)CC(C)C)C(=O)CSCc1ccco1.Cl. The number of amides is 1. The zero-order valence-electron chi connectivity index (χ0n) is 15.3. The van der Waals surface area contributed by atoms with Crippen LogP contribution >= 0.6 is 24.2 Å². The lowest BCUT2D eigenvalue weighted by atomic mass is 10.0. The van der Waals surface area contributed by atoms with E-state index in [2.05, 4.69) is 12.2 Å². The molecule has 1 rings (SSSR count). The molecule has 144 valence electrons. The van der Waals surface area contributed by atoms with Crippen LogP contribution in [0.1, 0.15) is 52.2 Å². The summed E-state index contributed by atoms with van der Waals surface area (Å²) in [7, 11) is 0. The lowest BCUT2D eigenvalue weighted by molar-refractivity contribution is -0.127. The van der Waals surface area contributed by atoms with E-state index < -0.39 is 12.1 Å². The van der Waals surface area contributed by atoms with Crippen molar-refractivity contribution in [1.29, 1.82) is 0 Å². The van der Waals surface area contributed by atoms with Gasteiger partial charge in [0.15, 0.2) is 5.78 Å². The number of hydrogen-bond acceptors (Lipinski definition) is 5. The predicted molar refractivity (Wildman–Crippen MR) is 106 cm³/mol. The molecule has 2 unspecified atom stereocenters. The molecule has 2 atom stereocenters. The Hall–Kier alpha value is -0.980. The van der Waals surface area contributed by atoms with Gasteiger partial charge in [-0.15, -0.1) is 24.2 Å². The Bertz CT molecular complexity index is 495. The van der Waals surface area contributed by atoms with Gasteiger partial charge in [0.2, 0.25) is 5.91 Å². The lowest BCUT2D eigenvalue weighted by Crippen LogP contribution is -2.49. The number of Topliss-reactive ketones (excluding diaryl/α,β-unsaturated/α-hetero) is 1. The molecule has 0 saturated heterocycles. The van der Waals surface area contributed by atoms with Crippen LogP contribution in [-0.4, -0.2) is 29.5 Å². The Morgan fingerprint density at radius 1 is 1.36 bits per heavy atom. The first-order valence-corrected chi connectivity index (χ1v) is 9.78. The van der Waals surface area contributed by atoms with Crippen LogP contribution in [0.2, 0.25) is 0 Å². The fraction of sp³-hybridized carbons (Fsp3) is 0.667. The Morgan fingerprint density at radius 2 is 2.08 bits per heavy atom. The number of rotatable bonds is 12. The first-order valence-electron chi connectivity index (χ1n) is 8.62. The van der Waals surface area contributed by atoms with Crippen molar-refractivity contribution in [2.24, 2.45) is 11.7 Å². The van der Waals surface area contributed by atoms with E-state index in [1.165, 1.54) is 11.8 Å². The molecule has 0 radical (unpaired) electrons. The summed E-state index contributed by atoms with van der Waals surface area (Å²) < 4.78 is 5.26. The maximum atomic E-state index is 12.5. The smallest absolute Gasteiger partial charge is 0.237 e. The maximum Gasteiger partial charge on any atom is 0.237 e. The van der Waals surface area contributed by atoms with Crippen molar-refractivity contribution in [3.63, 3.8) is 0 Å². The number of ketones is 1. The molecule has 7 heteroatoms. The van der Waals surface area contributed by atoms with Gasteiger partial charge in [0.25, 0.3) is 0 Å². The second-order valence-electron chi connectivity index (χ2n) is 6.48. The normalized spacial score (nSPS) is 13.2. The maximum absolute atomic E-state index is 12.5. The van der Waals surface area contributed by atoms with Crippen LogP contribution in [0.3, 0.4) is 0 Å². The Balaban J connectivity index is 0.00000576. The third kappa shape index (κ3) is 9.92. The number of unbranched alkanes of at least 4 members (excludes halogenated alkanes) is 1. The highest BCUT2D eigenvalue weighted by molar-refractivity contribution is 7.99. The predicted octanol–water partition coefficient (Wildman–Crippen LogP) is 3.55. The highest BCUT2D eigenvalue weighted by atomic mass is 35.5. The zero-order valence-corrected chi connectivity index (χ0v) is 17.0. The number of carbonyl (C=O) groups excluding carboxylic acids is 2. The van der Waals surface area contributed by atoms with Crippen LogP contribution in [0.15, 0.2) is 22.8 Å². The summed E-state index contributed by atoms with van der Waals surface area (Å²) in [4.78, 5) is 24.7. The average molecular weight is 391 g/mol. The van der Waals surface area contributed by atoms with Crippen molar-refractivity contribution in [3.05, 3.63) is 24.2 Å². The summed E-state index contributed by atoms with van der Waals surface area (Å²) in [6, 6.07) is 2.72. The standard InChI is InChI=1S/C18H30N2O3S.ClH/c1-4-5-8-16(20-18(22)15(19)10-13(2)3)17(21)12-24-11-14-7-6-9-23-14;/h6-7,9,13,15-16H,4-5,8,10-12,19H2,1-3H3,(H,20,22);1H. The monoisotopic (exact) mass is 390 g/mol. The second kappa shape index (κ2) is 13.3. The number of furan rings is 1. The molecule has 0 bridgehead atoms. The average Bonchev–Trinajstić information content (AvgIpc) is 3.03. The first-order chi connectivity index (χ1) is 11.4. The lowest BCUT2D eigenvalue weighted by Gasteiger charge is -2.20. The number of thioether (sulfide) groups is 1. The molecule has 0 aromatic carbocycles. The van der Waals surface area contributed by atoms with Crippen LogP contribution in [0.25, 0.3) is 0 Å². The molecule has 1 amide bonds. The Kier molecular flexibility index (Phi) is 12.7. The largest absolute Gasteiger partial charge is 0.468 e. The van der Waals surface area contributed by atoms with E-state index >= 15 is 0 Å². The van der Waals surface area contributed by atoms with Crippen molar-refractivity contribution >= 4 is 35.9 Å². The van der Waals surface area contributed by atoms with Crippen molar-refractivity contribution in [2.75, 3.05) is 5.75 Å². The van der Waals surface area contributed by atoms with Crippen LogP contribution in [0, 0.1) is 5.92 Å². The highest BCUT2D eigenvalue weighted by Gasteiger charge is 2.23. The van der Waals surface area contributed by atoms with E-state index in [1.807, 2.05) is 26.0 Å². The first kappa shape index (κ1) is 24.0. The van der Waals surface area contributed by atoms with Gasteiger partial charge >= 0.3 is 0 Å². The van der Waals surface area contributed by atoms with Gasteiger partial charge in [-0.2, -0.15) is 0 Å². The number of nitrogens with two attached hydrogens (primary N) is 1. The minimum absolute atomic E-state index is 0. The van der Waals surface area contributed by atoms with E-state index in [-0.39, 0.29) is 24.1 Å². The Morgan fingerprint density at radius 3 is 2.64 bits per heavy atom. The Labute approximate surface area is 161 Å². The molecular formula is C18H31ClN2O3S. The van der Waals surface area contributed by atoms with Crippen LogP contribution in [0.5, 0.6) is 0 Å². The number of carbonyl (C=O) groups is 2. The minimum Gasteiger partial charge on any atom is -0.468 e. The molecule has 1 aromatic heterocycles. The number of nitrogens with one attached hydrogen (secondary N) is 1. The molecule has 0 saturated carbocycles. The van der Waals surface area contributed by atoms with Crippen LogP contribution in [0.4, 0.5) is 0 Å². The van der Waals surface area contributed by atoms with Gasteiger partial charge < -0.3 is 15.5 Å². The third-order valence-electron chi connectivity index (χ3n) is 3.68. The van der Waals surface area contributed by atoms with Crippen molar-refractivity contribution in [1.82, 2.24) is 5.32 Å². The van der Waals surface area contributed by atoms with Gasteiger partial charge in [0.1, 0.15) is 5.76 Å². The van der Waals surface area contributed by atoms with Crippen molar-refractivity contribution < 1.29 is 14.0 Å². The zero-order chi connectivity index (χ0) is 17.9. The van der Waals surface area contributed by atoms with E-state index in [9.17, 15) is 9.59 Å². The van der Waals surface area contributed by atoms with E-state index in [0.717, 1.165) is 18.6 Å². The summed E-state index contributed by atoms with van der Waals surface area (Å²) in [5, 5.41) is 2.85. The van der Waals surface area contributed by atoms with Crippen molar-refractivity contribution in [2.45, 2.75) is 64.3 Å². The summed E-state index contributed by atoms with van der Waals surface area (Å²) in [6.45, 7) is 6.12. The van der Waals surface area contributed by atoms with E-state index in [0.29, 0.717) is 30.3 Å². The van der Waals surface area contributed by atoms with Gasteiger partial charge in [-0.1, -0.05) is 33.6 Å². The van der Waals surface area contributed by atoms with Crippen LogP contribution < -0.4 is 11.1 Å². The van der Waals surface area contributed by atoms with Gasteiger partial charge in [-0.05, 0) is 30.9 Å². The van der Waals surface area contributed by atoms with Gasteiger partial charge in [-0.3, -0.25) is 9.59 Å². The second-order valence-corrected chi connectivity index (χ2v) is 7.46. The molecule has 25 heavy (non-hydrogen) atoms. The highest BCUT2D eigenvalue weighted by Crippen LogP contribution is 2.14. The fourth-order valence-electron chi connectivity index (χ4n) is 2.36. The summed E-state index contributed by atoms with van der Waals surface area (Å²) in [5.41, 5.74) is 5.92. The molecule has 3 N–H and O–H groups in total. The van der Waals surface area contributed by atoms with Gasteiger partial charge in [0.05, 0.1) is 29.9 Å². The molecule has 0 fully saturated rings. The summed E-state index contributed by atoms with van der Waals surface area (Å²) in [5.74, 6) is 2.02. The molecule has 1 aromatic rings. The molecule has 1 heterocycles. The molecule has 0 aliphatic heterocycles. The topological polar surface area (TPSA) is 85.3 Å². The van der Waals surface area contributed by atoms with E-state index in [4.69, 9.17) is 10.2 Å². The van der Waals surface area contributed by atoms with Gasteiger partial charge in [-0.25, -0.2) is 0 Å². The molecular weight excluding hydrogens is 360 g/mol. The van der Waals surface area contributed by atoms with Crippen LogP contribution in [-0.2, 0) is 15.3 Å². The quantitative estimate of drug-likeness (QED) is 0.570. The van der Waals surface area contributed by atoms with E-state index in [1.54, 1.807) is 6.26 Å². The molecule has 0 aliphatic carbocycles. The molecule has 0 spiro atoms. The number of halogens is 1. The van der Waals surface area contributed by atoms with Gasteiger partial charge in [0, 0.05) is 0 Å².